The molecule has 0 aliphatic heterocycles. The van der Waals surface area contributed by atoms with Crippen LogP contribution >= 0.6 is 0 Å². The molecule has 118 valence electrons. The number of nitrogens with zero attached hydrogens (tertiary/aromatic N) is 1. The standard InChI is InChI=1S/C13H18F2N2O4/c1-17(6-9(18)7-20-2)13(19)16-8-4-10(14)12(21-3)11(15)5-8/h4-5,9,18H,6-7H2,1-3H3,(H,16,19). The van der Waals surface area contributed by atoms with Crippen molar-refractivity contribution >= 4 is 11.7 Å². The lowest BCUT2D eigenvalue weighted by atomic mass is 10.2. The molecule has 1 unspecified atom stereocenters. The van der Waals surface area contributed by atoms with E-state index >= 15 is 0 Å². The lowest BCUT2D eigenvalue weighted by molar-refractivity contribution is 0.0501. The maximum Gasteiger partial charge on any atom is 0.321 e. The highest BCUT2D eigenvalue weighted by molar-refractivity contribution is 5.89. The molecule has 0 spiro atoms. The third kappa shape index (κ3) is 4.83. The molecular formula is C13H18F2N2O4. The van der Waals surface area contributed by atoms with Gasteiger partial charge in [0.1, 0.15) is 0 Å². The van der Waals surface area contributed by atoms with Crippen LogP contribution in [0, 0.1) is 11.6 Å². The molecule has 0 saturated carbocycles. The molecule has 1 aromatic rings. The van der Waals surface area contributed by atoms with Crippen molar-refractivity contribution in [3.05, 3.63) is 23.8 Å². The smallest absolute Gasteiger partial charge is 0.321 e. The van der Waals surface area contributed by atoms with E-state index in [2.05, 4.69) is 10.1 Å². The number of ether oxygens (including phenoxy) is 2. The summed E-state index contributed by atoms with van der Waals surface area (Å²) in [4.78, 5) is 13.0. The van der Waals surface area contributed by atoms with Crippen LogP contribution in [0.1, 0.15) is 0 Å². The summed E-state index contributed by atoms with van der Waals surface area (Å²) in [5, 5.41) is 11.8. The lowest BCUT2D eigenvalue weighted by Crippen LogP contribution is -2.38. The zero-order valence-corrected chi connectivity index (χ0v) is 12.0. The van der Waals surface area contributed by atoms with Crippen LogP contribution in [0.4, 0.5) is 19.3 Å². The molecule has 21 heavy (non-hydrogen) atoms. The van der Waals surface area contributed by atoms with Crippen molar-refractivity contribution in [2.75, 3.05) is 39.7 Å². The second kappa shape index (κ2) is 7.75. The number of hydrogen-bond donors (Lipinski definition) is 2. The van der Waals surface area contributed by atoms with Gasteiger partial charge in [0.15, 0.2) is 17.4 Å². The Balaban J connectivity index is 2.70. The summed E-state index contributed by atoms with van der Waals surface area (Å²) in [6, 6.07) is 1.27. The van der Waals surface area contributed by atoms with Gasteiger partial charge in [-0.2, -0.15) is 0 Å². The Labute approximate surface area is 121 Å². The Hall–Kier alpha value is -1.93. The number of halogens is 2. The molecular weight excluding hydrogens is 286 g/mol. The molecule has 1 rings (SSSR count). The fourth-order valence-electron chi connectivity index (χ4n) is 1.69. The number of likely N-dealkylation sites (N-methyl/N-ethyl adjacent to an activating group) is 1. The summed E-state index contributed by atoms with van der Waals surface area (Å²) >= 11 is 0. The molecule has 0 fully saturated rings. The minimum atomic E-state index is -0.921. The first kappa shape index (κ1) is 17.1. The third-order valence-corrected chi connectivity index (χ3v) is 2.64. The first-order valence-corrected chi connectivity index (χ1v) is 6.11. The lowest BCUT2D eigenvalue weighted by Gasteiger charge is -2.21. The van der Waals surface area contributed by atoms with Crippen molar-refractivity contribution in [1.29, 1.82) is 0 Å². The Bertz CT molecular complexity index is 476. The van der Waals surface area contributed by atoms with E-state index in [-0.39, 0.29) is 18.8 Å². The SMILES string of the molecule is COCC(O)CN(C)C(=O)Nc1cc(F)c(OC)c(F)c1. The van der Waals surface area contributed by atoms with E-state index in [0.29, 0.717) is 0 Å². The van der Waals surface area contributed by atoms with Gasteiger partial charge in [-0.05, 0) is 0 Å². The number of nitrogens with one attached hydrogen (secondary N) is 1. The maximum absolute atomic E-state index is 13.5. The van der Waals surface area contributed by atoms with Crippen molar-refractivity contribution in [3.8, 4) is 5.75 Å². The van der Waals surface area contributed by atoms with E-state index in [9.17, 15) is 18.7 Å². The Morgan fingerprint density at radius 2 is 1.95 bits per heavy atom. The number of benzene rings is 1. The van der Waals surface area contributed by atoms with Crippen LogP contribution in [-0.4, -0.2) is 56.6 Å². The van der Waals surface area contributed by atoms with Crippen molar-refractivity contribution in [2.24, 2.45) is 0 Å². The molecule has 0 heterocycles. The Morgan fingerprint density at radius 3 is 2.43 bits per heavy atom. The van der Waals surface area contributed by atoms with Gasteiger partial charge in [0.2, 0.25) is 0 Å². The van der Waals surface area contributed by atoms with Gasteiger partial charge >= 0.3 is 6.03 Å². The topological polar surface area (TPSA) is 71.0 Å². The summed E-state index contributed by atoms with van der Waals surface area (Å²) in [6.07, 6.45) is -0.852. The van der Waals surface area contributed by atoms with Gasteiger partial charge in [-0.1, -0.05) is 0 Å². The molecule has 2 N–H and O–H groups in total. The highest BCUT2D eigenvalue weighted by Crippen LogP contribution is 2.25. The minimum absolute atomic E-state index is 0.0147. The number of hydrogen-bond acceptors (Lipinski definition) is 4. The highest BCUT2D eigenvalue weighted by Gasteiger charge is 2.16. The Morgan fingerprint density at radius 1 is 1.38 bits per heavy atom. The van der Waals surface area contributed by atoms with Crippen molar-refractivity contribution < 1.29 is 28.2 Å². The number of carbonyl (C=O) groups is 1. The number of aliphatic hydroxyl groups excluding tert-OH is 1. The molecule has 8 heteroatoms. The van der Waals surface area contributed by atoms with E-state index < -0.39 is 29.5 Å². The van der Waals surface area contributed by atoms with Gasteiger partial charge in [0.05, 0.1) is 26.4 Å². The predicted octanol–water partition coefficient (Wildman–Crippen LogP) is 1.44. The number of aliphatic hydroxyl groups is 1. The normalized spacial score (nSPS) is 11.9. The molecule has 0 saturated heterocycles. The van der Waals surface area contributed by atoms with E-state index in [1.54, 1.807) is 0 Å². The molecule has 0 bridgehead atoms. The van der Waals surface area contributed by atoms with Gasteiger partial charge in [-0.25, -0.2) is 13.6 Å². The summed E-state index contributed by atoms with van der Waals surface area (Å²) in [6.45, 7) is 0.0875. The van der Waals surface area contributed by atoms with E-state index in [0.717, 1.165) is 19.2 Å². The third-order valence-electron chi connectivity index (χ3n) is 2.64. The highest BCUT2D eigenvalue weighted by atomic mass is 19.1. The quantitative estimate of drug-likeness (QED) is 0.834. The average molecular weight is 304 g/mol. The number of anilines is 1. The van der Waals surface area contributed by atoms with Crippen LogP contribution in [0.5, 0.6) is 5.75 Å². The van der Waals surface area contributed by atoms with Gasteiger partial charge in [-0.15, -0.1) is 0 Å². The predicted molar refractivity (Wildman–Crippen MR) is 72.4 cm³/mol. The second-order valence-electron chi connectivity index (χ2n) is 4.39. The first-order valence-electron chi connectivity index (χ1n) is 6.11. The van der Waals surface area contributed by atoms with E-state index in [1.165, 1.54) is 19.1 Å². The van der Waals surface area contributed by atoms with Gasteiger partial charge in [0, 0.05) is 32.0 Å². The van der Waals surface area contributed by atoms with Crippen LogP contribution in [0.25, 0.3) is 0 Å². The van der Waals surface area contributed by atoms with Crippen LogP contribution in [-0.2, 0) is 4.74 Å². The van der Waals surface area contributed by atoms with E-state index in [4.69, 9.17) is 4.74 Å². The average Bonchev–Trinajstić information content (AvgIpc) is 2.38. The zero-order valence-electron chi connectivity index (χ0n) is 12.0. The zero-order chi connectivity index (χ0) is 16.0. The van der Waals surface area contributed by atoms with Crippen molar-refractivity contribution in [1.82, 2.24) is 4.90 Å². The van der Waals surface area contributed by atoms with Crippen LogP contribution in [0.2, 0.25) is 0 Å². The second-order valence-corrected chi connectivity index (χ2v) is 4.39. The molecule has 6 nitrogen and oxygen atoms in total. The molecule has 1 aromatic carbocycles. The molecule has 0 radical (unpaired) electrons. The van der Waals surface area contributed by atoms with E-state index in [1.807, 2.05) is 0 Å². The molecule has 1 atom stereocenters. The van der Waals surface area contributed by atoms with Gasteiger partial charge in [0.25, 0.3) is 0 Å². The number of methoxy groups -OCH3 is 2. The number of urea groups is 1. The van der Waals surface area contributed by atoms with Crippen LogP contribution in [0.15, 0.2) is 12.1 Å². The summed E-state index contributed by atoms with van der Waals surface area (Å²) in [5.41, 5.74) is -0.0520. The van der Waals surface area contributed by atoms with Crippen LogP contribution in [0.3, 0.4) is 0 Å². The molecule has 0 aromatic heterocycles. The fraction of sp³-hybridized carbons (Fsp3) is 0.462. The summed E-state index contributed by atoms with van der Waals surface area (Å²) in [5.74, 6) is -2.36. The maximum atomic E-state index is 13.5. The van der Waals surface area contributed by atoms with Crippen molar-refractivity contribution in [2.45, 2.75) is 6.10 Å². The molecule has 2 amide bonds. The fourth-order valence-corrected chi connectivity index (χ4v) is 1.69. The molecule has 0 aliphatic rings. The Kier molecular flexibility index (Phi) is 6.32. The van der Waals surface area contributed by atoms with Gasteiger partial charge < -0.3 is 24.8 Å². The first-order chi connectivity index (χ1) is 9.88. The summed E-state index contributed by atoms with van der Waals surface area (Å²) < 4.78 is 36.3. The molecule has 0 aliphatic carbocycles. The van der Waals surface area contributed by atoms with Crippen LogP contribution < -0.4 is 10.1 Å². The number of amides is 2. The summed E-state index contributed by atoms with van der Waals surface area (Å²) in [7, 11) is 4.00. The monoisotopic (exact) mass is 304 g/mol. The number of rotatable bonds is 6. The minimum Gasteiger partial charge on any atom is -0.491 e. The number of carbonyl (C=O) groups excluding carboxylic acids is 1. The largest absolute Gasteiger partial charge is 0.491 e. The van der Waals surface area contributed by atoms with Gasteiger partial charge in [-0.3, -0.25) is 0 Å². The van der Waals surface area contributed by atoms with Crippen molar-refractivity contribution in [3.63, 3.8) is 0 Å².